The number of urea groups is 1. The van der Waals surface area contributed by atoms with E-state index in [4.69, 9.17) is 23.2 Å². The standard InChI is InChI=1S/C22H14Cl2F3N3OS/c23-15-6-10-17(11-7-15)28-20-30(18-12-8-16(24)9-13-18)19(31)29-21(32-20,22(25,26)27)14-4-2-1-3-5-14/h1-13H,(H,29,31). The van der Waals surface area contributed by atoms with E-state index in [0.717, 1.165) is 4.90 Å². The molecule has 4 nitrogen and oxygen atoms in total. The van der Waals surface area contributed by atoms with Gasteiger partial charge < -0.3 is 5.32 Å². The molecular formula is C22H14Cl2F3N3OS. The smallest absolute Gasteiger partial charge is 0.311 e. The fourth-order valence-corrected chi connectivity index (χ4v) is 4.58. The lowest BCUT2D eigenvalue weighted by molar-refractivity contribution is -0.167. The van der Waals surface area contributed by atoms with Crippen molar-refractivity contribution in [3.63, 3.8) is 0 Å². The maximum Gasteiger partial charge on any atom is 0.425 e. The van der Waals surface area contributed by atoms with Gasteiger partial charge in [-0.3, -0.25) is 0 Å². The Morgan fingerprint density at radius 1 is 0.875 bits per heavy atom. The van der Waals surface area contributed by atoms with E-state index in [1.807, 2.05) is 0 Å². The number of nitrogens with one attached hydrogen (secondary N) is 1. The third-order valence-electron chi connectivity index (χ3n) is 4.64. The molecule has 1 saturated heterocycles. The molecule has 1 fully saturated rings. The molecule has 4 rings (SSSR count). The molecule has 1 heterocycles. The number of aliphatic imine (C=N–C) groups is 1. The van der Waals surface area contributed by atoms with Crippen molar-refractivity contribution in [2.75, 3.05) is 4.90 Å². The number of nitrogens with zero attached hydrogens (tertiary/aromatic N) is 2. The van der Waals surface area contributed by atoms with Gasteiger partial charge in [0.05, 0.1) is 11.4 Å². The lowest BCUT2D eigenvalue weighted by Crippen LogP contribution is -2.63. The van der Waals surface area contributed by atoms with Gasteiger partial charge in [0.1, 0.15) is 0 Å². The summed E-state index contributed by atoms with van der Waals surface area (Å²) in [6.07, 6.45) is -4.82. The van der Waals surface area contributed by atoms with Crippen molar-refractivity contribution in [2.45, 2.75) is 11.0 Å². The number of thioether (sulfide) groups is 1. The molecule has 1 aliphatic heterocycles. The van der Waals surface area contributed by atoms with Crippen LogP contribution in [0.5, 0.6) is 0 Å². The number of hydrogen-bond donors (Lipinski definition) is 1. The highest BCUT2D eigenvalue weighted by atomic mass is 35.5. The lowest BCUT2D eigenvalue weighted by atomic mass is 10.1. The van der Waals surface area contributed by atoms with Crippen LogP contribution in [0.2, 0.25) is 10.0 Å². The van der Waals surface area contributed by atoms with Crippen LogP contribution >= 0.6 is 35.0 Å². The second kappa shape index (κ2) is 8.69. The first kappa shape index (κ1) is 22.5. The van der Waals surface area contributed by atoms with Gasteiger partial charge in [-0.15, -0.1) is 0 Å². The Hall–Kier alpha value is -2.68. The van der Waals surface area contributed by atoms with Crippen molar-refractivity contribution in [1.29, 1.82) is 0 Å². The van der Waals surface area contributed by atoms with E-state index >= 15 is 0 Å². The van der Waals surface area contributed by atoms with Gasteiger partial charge in [-0.05, 0) is 65.9 Å². The predicted molar refractivity (Wildman–Crippen MR) is 123 cm³/mol. The molecule has 3 aromatic rings. The van der Waals surface area contributed by atoms with E-state index in [1.165, 1.54) is 48.5 Å². The fourth-order valence-electron chi connectivity index (χ4n) is 3.11. The third-order valence-corrected chi connectivity index (χ3v) is 6.47. The molecule has 2 amide bonds. The number of halogens is 5. The Kier molecular flexibility index (Phi) is 6.11. The van der Waals surface area contributed by atoms with Crippen molar-refractivity contribution in [1.82, 2.24) is 5.32 Å². The van der Waals surface area contributed by atoms with Crippen molar-refractivity contribution in [3.8, 4) is 0 Å². The van der Waals surface area contributed by atoms with Gasteiger partial charge in [0, 0.05) is 10.0 Å². The zero-order chi connectivity index (χ0) is 22.9. The minimum Gasteiger partial charge on any atom is -0.311 e. The maximum atomic E-state index is 14.5. The predicted octanol–water partition coefficient (Wildman–Crippen LogP) is 7.36. The topological polar surface area (TPSA) is 44.7 Å². The molecule has 1 N–H and O–H groups in total. The van der Waals surface area contributed by atoms with Gasteiger partial charge in [0.25, 0.3) is 0 Å². The van der Waals surface area contributed by atoms with Gasteiger partial charge in [-0.1, -0.05) is 53.5 Å². The minimum atomic E-state index is -4.82. The fraction of sp³-hybridized carbons (Fsp3) is 0.0909. The summed E-state index contributed by atoms with van der Waals surface area (Å²) in [7, 11) is 0. The minimum absolute atomic E-state index is 0.120. The first-order chi connectivity index (χ1) is 15.2. The normalized spacial score (nSPS) is 20.3. The van der Waals surface area contributed by atoms with Gasteiger partial charge in [-0.2, -0.15) is 13.2 Å². The SMILES string of the molecule is O=C1NC(c2ccccc2)(C(F)(F)F)SC(=Nc2ccc(Cl)cc2)N1c1ccc(Cl)cc1. The van der Waals surface area contributed by atoms with Crippen molar-refractivity contribution in [2.24, 2.45) is 4.99 Å². The van der Waals surface area contributed by atoms with Crippen LogP contribution in [0.15, 0.2) is 83.9 Å². The summed E-state index contributed by atoms with van der Waals surface area (Å²) in [6.45, 7) is 0. The van der Waals surface area contributed by atoms with Gasteiger partial charge in [0.15, 0.2) is 5.17 Å². The van der Waals surface area contributed by atoms with Gasteiger partial charge in [0.2, 0.25) is 4.87 Å². The van der Waals surface area contributed by atoms with Crippen LogP contribution in [-0.4, -0.2) is 17.4 Å². The molecule has 3 aromatic carbocycles. The van der Waals surface area contributed by atoms with Crippen molar-refractivity contribution in [3.05, 3.63) is 94.5 Å². The zero-order valence-corrected chi connectivity index (χ0v) is 18.4. The number of carbonyl (C=O) groups excluding carboxylic acids is 1. The number of rotatable bonds is 3. The second-order valence-electron chi connectivity index (χ2n) is 6.76. The van der Waals surface area contributed by atoms with Gasteiger partial charge >= 0.3 is 12.2 Å². The maximum absolute atomic E-state index is 14.5. The number of alkyl halides is 3. The lowest BCUT2D eigenvalue weighted by Gasteiger charge is -2.43. The summed E-state index contributed by atoms with van der Waals surface area (Å²) < 4.78 is 43.4. The van der Waals surface area contributed by atoms with E-state index in [2.05, 4.69) is 10.3 Å². The molecule has 0 spiro atoms. The molecule has 32 heavy (non-hydrogen) atoms. The van der Waals surface area contributed by atoms with Crippen LogP contribution < -0.4 is 10.2 Å². The summed E-state index contributed by atoms with van der Waals surface area (Å²) in [4.78, 5) is 15.9. The molecule has 0 saturated carbocycles. The van der Waals surface area contributed by atoms with Crippen LogP contribution in [0, 0.1) is 0 Å². The largest absolute Gasteiger partial charge is 0.425 e. The summed E-state index contributed by atoms with van der Waals surface area (Å²) in [5.74, 6) is 0. The molecule has 0 radical (unpaired) electrons. The Labute approximate surface area is 196 Å². The van der Waals surface area contributed by atoms with E-state index in [0.29, 0.717) is 33.2 Å². The molecule has 1 atom stereocenters. The molecule has 0 aromatic heterocycles. The van der Waals surface area contributed by atoms with Crippen LogP contribution in [-0.2, 0) is 4.87 Å². The van der Waals surface area contributed by atoms with Crippen LogP contribution in [0.25, 0.3) is 0 Å². The number of amides is 2. The summed E-state index contributed by atoms with van der Waals surface area (Å²) in [5.41, 5.74) is 0.538. The van der Waals surface area contributed by atoms with E-state index in [1.54, 1.807) is 30.3 Å². The Morgan fingerprint density at radius 3 is 2.00 bits per heavy atom. The second-order valence-corrected chi connectivity index (χ2v) is 8.81. The van der Waals surface area contributed by atoms with Crippen molar-refractivity contribution < 1.29 is 18.0 Å². The molecule has 164 valence electrons. The monoisotopic (exact) mass is 495 g/mol. The number of amidine groups is 1. The van der Waals surface area contributed by atoms with E-state index < -0.39 is 17.1 Å². The quantitative estimate of drug-likeness (QED) is 0.412. The van der Waals surface area contributed by atoms with Crippen LogP contribution in [0.1, 0.15) is 5.56 Å². The number of anilines is 1. The average molecular weight is 496 g/mol. The third kappa shape index (κ3) is 4.30. The summed E-state index contributed by atoms with van der Waals surface area (Å²) >= 11 is 12.3. The highest BCUT2D eigenvalue weighted by Gasteiger charge is 2.62. The Morgan fingerprint density at radius 2 is 1.44 bits per heavy atom. The number of carbonyl (C=O) groups is 1. The molecule has 1 aliphatic rings. The van der Waals surface area contributed by atoms with Crippen LogP contribution in [0.4, 0.5) is 29.3 Å². The molecule has 10 heteroatoms. The van der Waals surface area contributed by atoms with Gasteiger partial charge in [-0.25, -0.2) is 14.7 Å². The first-order valence-corrected chi connectivity index (χ1v) is 10.8. The zero-order valence-electron chi connectivity index (χ0n) is 16.1. The summed E-state index contributed by atoms with van der Waals surface area (Å²) in [5, 5.41) is 2.88. The first-order valence-electron chi connectivity index (χ1n) is 9.23. The molecule has 0 aliphatic carbocycles. The van der Waals surface area contributed by atoms with Crippen molar-refractivity contribution >= 4 is 57.5 Å². The molecule has 1 unspecified atom stereocenters. The Bertz CT molecular complexity index is 1160. The average Bonchev–Trinajstić information content (AvgIpc) is 2.76. The molecular weight excluding hydrogens is 482 g/mol. The van der Waals surface area contributed by atoms with Crippen LogP contribution in [0.3, 0.4) is 0 Å². The van der Waals surface area contributed by atoms with E-state index in [9.17, 15) is 18.0 Å². The highest BCUT2D eigenvalue weighted by Crippen LogP contribution is 2.51. The molecule has 0 bridgehead atoms. The van der Waals surface area contributed by atoms with E-state index in [-0.39, 0.29) is 10.7 Å². The number of hydrogen-bond acceptors (Lipinski definition) is 3. The summed E-state index contributed by atoms with van der Waals surface area (Å²) in [6, 6.07) is 18.6. The number of benzene rings is 3. The highest BCUT2D eigenvalue weighted by molar-refractivity contribution is 8.15. The Balaban J connectivity index is 1.88.